The van der Waals surface area contributed by atoms with E-state index in [0.29, 0.717) is 5.92 Å². The van der Waals surface area contributed by atoms with E-state index >= 15 is 0 Å². The summed E-state index contributed by atoms with van der Waals surface area (Å²) in [6, 6.07) is 10.9. The van der Waals surface area contributed by atoms with Gasteiger partial charge in [0.1, 0.15) is 10.4 Å². The summed E-state index contributed by atoms with van der Waals surface area (Å²) in [5.41, 5.74) is 2.12. The predicted octanol–water partition coefficient (Wildman–Crippen LogP) is 4.55. The Morgan fingerprint density at radius 3 is 2.47 bits per heavy atom. The van der Waals surface area contributed by atoms with Gasteiger partial charge in [0.05, 0.1) is 17.9 Å². The van der Waals surface area contributed by atoms with Crippen molar-refractivity contribution in [2.45, 2.75) is 18.9 Å². The lowest BCUT2D eigenvalue weighted by molar-refractivity contribution is 0.622. The molecule has 2 nitrogen and oxygen atoms in total. The second-order valence-electron chi connectivity index (χ2n) is 4.88. The molecule has 19 heavy (non-hydrogen) atoms. The third kappa shape index (κ3) is 3.13. The molecular weight excluding hydrogens is 307 g/mol. The van der Waals surface area contributed by atoms with Crippen LogP contribution < -0.4 is 5.32 Å². The van der Waals surface area contributed by atoms with E-state index in [1.807, 2.05) is 30.5 Å². The number of rotatable bonds is 4. The highest BCUT2D eigenvalue weighted by Crippen LogP contribution is 2.42. The number of hydrogen-bond acceptors (Lipinski definition) is 2. The fraction of sp³-hybridized carbons (Fsp3) is 0.267. The molecule has 2 aromatic rings. The maximum atomic E-state index is 13.0. The Bertz CT molecular complexity index is 549. The minimum absolute atomic E-state index is 0.191. The lowest BCUT2D eigenvalue weighted by atomic mass is 10.0. The Kier molecular flexibility index (Phi) is 3.51. The zero-order chi connectivity index (χ0) is 13.2. The van der Waals surface area contributed by atoms with Gasteiger partial charge in [0, 0.05) is 0 Å². The van der Waals surface area contributed by atoms with Gasteiger partial charge in [0.15, 0.2) is 0 Å². The molecule has 0 radical (unpaired) electrons. The molecule has 1 heterocycles. The number of aromatic nitrogens is 1. The number of pyridine rings is 1. The zero-order valence-electron chi connectivity index (χ0n) is 10.3. The van der Waals surface area contributed by atoms with Gasteiger partial charge in [-0.15, -0.1) is 0 Å². The summed E-state index contributed by atoms with van der Waals surface area (Å²) < 4.78 is 13.8. The van der Waals surface area contributed by atoms with Gasteiger partial charge in [0.2, 0.25) is 0 Å². The fourth-order valence-corrected chi connectivity index (χ4v) is 2.45. The number of nitrogens with zero attached hydrogens (tertiary/aromatic N) is 1. The first kappa shape index (κ1) is 12.6. The summed E-state index contributed by atoms with van der Waals surface area (Å²) in [5, 5.41) is 3.50. The summed E-state index contributed by atoms with van der Waals surface area (Å²) in [4.78, 5) is 4.21. The van der Waals surface area contributed by atoms with E-state index in [1.54, 1.807) is 0 Å². The van der Waals surface area contributed by atoms with Crippen LogP contribution in [-0.4, -0.2) is 4.98 Å². The number of nitrogens with one attached hydrogen (secondary N) is 1. The van der Waals surface area contributed by atoms with E-state index < -0.39 is 0 Å². The van der Waals surface area contributed by atoms with Gasteiger partial charge in [-0.1, -0.05) is 12.1 Å². The smallest absolute Gasteiger partial charge is 0.123 e. The fourth-order valence-electron chi connectivity index (χ4n) is 2.21. The van der Waals surface area contributed by atoms with Crippen LogP contribution in [0.5, 0.6) is 0 Å². The monoisotopic (exact) mass is 320 g/mol. The van der Waals surface area contributed by atoms with Gasteiger partial charge in [-0.2, -0.15) is 0 Å². The summed E-state index contributed by atoms with van der Waals surface area (Å²) in [7, 11) is 0. The zero-order valence-corrected chi connectivity index (χ0v) is 11.9. The van der Waals surface area contributed by atoms with Crippen LogP contribution in [0.25, 0.3) is 0 Å². The first-order chi connectivity index (χ1) is 9.22. The Morgan fingerprint density at radius 1 is 1.16 bits per heavy atom. The molecule has 1 aliphatic rings. The van der Waals surface area contributed by atoms with Crippen LogP contribution in [0, 0.1) is 11.7 Å². The van der Waals surface area contributed by atoms with Gasteiger partial charge in [0.25, 0.3) is 0 Å². The SMILES string of the molecule is Fc1ccc(C(Nc2ccc(Br)nc2)C2CC2)cc1. The van der Waals surface area contributed by atoms with Gasteiger partial charge in [-0.25, -0.2) is 9.37 Å². The molecule has 98 valence electrons. The van der Waals surface area contributed by atoms with Crippen molar-refractivity contribution in [1.29, 1.82) is 0 Å². The molecule has 1 unspecified atom stereocenters. The minimum Gasteiger partial charge on any atom is -0.377 e. The van der Waals surface area contributed by atoms with Gasteiger partial charge >= 0.3 is 0 Å². The second-order valence-corrected chi connectivity index (χ2v) is 5.69. The molecule has 1 atom stereocenters. The molecule has 1 aromatic heterocycles. The van der Waals surface area contributed by atoms with Crippen molar-refractivity contribution in [2.75, 3.05) is 5.32 Å². The quantitative estimate of drug-likeness (QED) is 0.836. The van der Waals surface area contributed by atoms with E-state index in [4.69, 9.17) is 0 Å². The third-order valence-corrected chi connectivity index (χ3v) is 3.84. The highest BCUT2D eigenvalue weighted by molar-refractivity contribution is 9.10. The minimum atomic E-state index is -0.191. The molecule has 0 saturated heterocycles. The Hall–Kier alpha value is -1.42. The van der Waals surface area contributed by atoms with Gasteiger partial charge in [-0.05, 0) is 64.5 Å². The van der Waals surface area contributed by atoms with E-state index in [9.17, 15) is 4.39 Å². The summed E-state index contributed by atoms with van der Waals surface area (Å²) in [6.07, 6.45) is 4.25. The summed E-state index contributed by atoms with van der Waals surface area (Å²) in [5.74, 6) is 0.442. The number of anilines is 1. The molecule has 1 aliphatic carbocycles. The van der Waals surface area contributed by atoms with Crippen molar-refractivity contribution in [3.8, 4) is 0 Å². The van der Waals surface area contributed by atoms with Crippen molar-refractivity contribution >= 4 is 21.6 Å². The first-order valence-corrected chi connectivity index (χ1v) is 7.15. The lowest BCUT2D eigenvalue weighted by Crippen LogP contribution is -2.13. The summed E-state index contributed by atoms with van der Waals surface area (Å²) >= 11 is 3.33. The van der Waals surface area contributed by atoms with Crippen LogP contribution in [-0.2, 0) is 0 Å². The first-order valence-electron chi connectivity index (χ1n) is 6.36. The second kappa shape index (κ2) is 5.29. The highest BCUT2D eigenvalue weighted by atomic mass is 79.9. The molecule has 1 fully saturated rings. The van der Waals surface area contributed by atoms with E-state index in [2.05, 4.69) is 26.2 Å². The maximum Gasteiger partial charge on any atom is 0.123 e. The molecule has 4 heteroatoms. The topological polar surface area (TPSA) is 24.9 Å². The van der Waals surface area contributed by atoms with E-state index in [-0.39, 0.29) is 11.9 Å². The molecular formula is C15H14BrFN2. The van der Waals surface area contributed by atoms with Gasteiger partial charge in [-0.3, -0.25) is 0 Å². The van der Waals surface area contributed by atoms with Crippen LogP contribution >= 0.6 is 15.9 Å². The van der Waals surface area contributed by atoms with Crippen LogP contribution in [0.15, 0.2) is 47.2 Å². The normalized spacial score (nSPS) is 16.1. The largest absolute Gasteiger partial charge is 0.377 e. The molecule has 0 aliphatic heterocycles. The number of hydrogen-bond donors (Lipinski definition) is 1. The molecule has 3 rings (SSSR count). The average molecular weight is 321 g/mol. The number of halogens is 2. The number of benzene rings is 1. The van der Waals surface area contributed by atoms with Crippen LogP contribution in [0.4, 0.5) is 10.1 Å². The van der Waals surface area contributed by atoms with Crippen molar-refractivity contribution in [1.82, 2.24) is 4.98 Å². The van der Waals surface area contributed by atoms with E-state index in [1.165, 1.54) is 25.0 Å². The van der Waals surface area contributed by atoms with Crippen molar-refractivity contribution < 1.29 is 4.39 Å². The third-order valence-electron chi connectivity index (χ3n) is 3.37. The van der Waals surface area contributed by atoms with E-state index in [0.717, 1.165) is 15.9 Å². The van der Waals surface area contributed by atoms with Crippen LogP contribution in [0.2, 0.25) is 0 Å². The van der Waals surface area contributed by atoms with Crippen molar-refractivity contribution in [2.24, 2.45) is 5.92 Å². The Morgan fingerprint density at radius 2 is 1.89 bits per heavy atom. The van der Waals surface area contributed by atoms with Crippen molar-refractivity contribution in [3.05, 3.63) is 58.6 Å². The van der Waals surface area contributed by atoms with Gasteiger partial charge < -0.3 is 5.32 Å². The molecule has 1 aromatic carbocycles. The molecule has 1 N–H and O–H groups in total. The molecule has 0 amide bonds. The van der Waals surface area contributed by atoms with Crippen LogP contribution in [0.3, 0.4) is 0 Å². The standard InChI is InChI=1S/C15H14BrFN2/c16-14-8-7-13(9-18-14)19-15(10-1-2-10)11-3-5-12(17)6-4-11/h3-10,15,19H,1-2H2. The molecule has 1 saturated carbocycles. The van der Waals surface area contributed by atoms with Crippen molar-refractivity contribution in [3.63, 3.8) is 0 Å². The molecule has 0 spiro atoms. The Balaban J connectivity index is 1.81. The predicted molar refractivity (Wildman–Crippen MR) is 77.4 cm³/mol. The lowest BCUT2D eigenvalue weighted by Gasteiger charge is -2.20. The highest BCUT2D eigenvalue weighted by Gasteiger charge is 2.32. The van der Waals surface area contributed by atoms with Crippen LogP contribution in [0.1, 0.15) is 24.4 Å². The maximum absolute atomic E-state index is 13.0. The Labute approximate surface area is 120 Å². The summed E-state index contributed by atoms with van der Waals surface area (Å²) in [6.45, 7) is 0. The molecule has 0 bridgehead atoms. The average Bonchev–Trinajstić information content (AvgIpc) is 3.24.